The molecule has 2 aromatic rings. The van der Waals surface area contributed by atoms with Gasteiger partial charge in [0.05, 0.1) is 18.1 Å². The lowest BCUT2D eigenvalue weighted by Crippen LogP contribution is -2.34. The maximum Gasteiger partial charge on any atom is 0.180 e. The van der Waals surface area contributed by atoms with Crippen LogP contribution in [0.4, 0.5) is 0 Å². The zero-order chi connectivity index (χ0) is 12.5. The number of nitrogens with two attached hydrogens (primary N) is 1. The molecule has 0 saturated carbocycles. The summed E-state index contributed by atoms with van der Waals surface area (Å²) >= 11 is 0. The number of hydrogen-bond acceptors (Lipinski definition) is 3. The van der Waals surface area contributed by atoms with E-state index in [0.717, 1.165) is 22.4 Å². The number of ketones is 1. The first-order chi connectivity index (χ1) is 8.75. The van der Waals surface area contributed by atoms with Crippen molar-refractivity contribution in [2.75, 3.05) is 0 Å². The minimum Gasteiger partial charge on any atom is -0.351 e. The van der Waals surface area contributed by atoms with Gasteiger partial charge in [0.2, 0.25) is 0 Å². The molecule has 1 heterocycles. The van der Waals surface area contributed by atoms with Crippen molar-refractivity contribution in [3.8, 4) is 0 Å². The Bertz CT molecular complexity index is 614. The topological polar surface area (TPSA) is 71.8 Å². The van der Waals surface area contributed by atoms with E-state index in [2.05, 4.69) is 9.97 Å². The molecule has 1 aliphatic rings. The maximum absolute atomic E-state index is 12.2. The minimum absolute atomic E-state index is 0.0169. The number of nitrogens with one attached hydrogen (secondary N) is 1. The van der Waals surface area contributed by atoms with Crippen molar-refractivity contribution in [2.45, 2.75) is 12.5 Å². The molecular formula is C14H13N3O. The number of carbonyl (C=O) groups is 1. The second-order valence-electron chi connectivity index (χ2n) is 4.38. The molecule has 3 N–H and O–H groups in total. The van der Waals surface area contributed by atoms with Crippen molar-refractivity contribution in [1.82, 2.24) is 9.97 Å². The van der Waals surface area contributed by atoms with Crippen molar-refractivity contribution in [1.29, 1.82) is 0 Å². The van der Waals surface area contributed by atoms with E-state index in [0.29, 0.717) is 6.42 Å². The summed E-state index contributed by atoms with van der Waals surface area (Å²) in [6, 6.07) is 7.29. The van der Waals surface area contributed by atoms with Crippen LogP contribution in [-0.4, -0.2) is 21.8 Å². The normalized spacial score (nSPS) is 14.4. The van der Waals surface area contributed by atoms with Gasteiger partial charge in [-0.05, 0) is 17.2 Å². The van der Waals surface area contributed by atoms with Crippen LogP contribution in [0, 0.1) is 0 Å². The Hall–Kier alpha value is -2.20. The molecule has 18 heavy (non-hydrogen) atoms. The zero-order valence-corrected chi connectivity index (χ0v) is 9.76. The molecule has 1 atom stereocenters. The van der Waals surface area contributed by atoms with Gasteiger partial charge >= 0.3 is 0 Å². The third-order valence-corrected chi connectivity index (χ3v) is 3.14. The summed E-state index contributed by atoms with van der Waals surface area (Å²) in [7, 11) is 0. The molecule has 4 heteroatoms. The summed E-state index contributed by atoms with van der Waals surface area (Å²) in [5.41, 5.74) is 9.58. The molecule has 90 valence electrons. The summed E-state index contributed by atoms with van der Waals surface area (Å²) in [4.78, 5) is 19.1. The van der Waals surface area contributed by atoms with E-state index >= 15 is 0 Å². The summed E-state index contributed by atoms with van der Waals surface area (Å²) in [6.07, 6.45) is 5.70. The van der Waals surface area contributed by atoms with Gasteiger partial charge in [-0.3, -0.25) is 4.79 Å². The molecule has 3 rings (SSSR count). The molecule has 0 aliphatic heterocycles. The number of rotatable bonds is 4. The Labute approximate surface area is 105 Å². The fourth-order valence-corrected chi connectivity index (χ4v) is 2.15. The quantitative estimate of drug-likeness (QED) is 0.847. The Balaban J connectivity index is 1.73. The standard InChI is InChI=1S/C14H13N3O/c15-13(6-10-7-16-8-17-10)14(18)12-5-9-3-1-2-4-11(9)12/h1-5,7-8,13H,6,15H2,(H,16,17)/t13-/m0/s1. The molecule has 0 unspecified atom stereocenters. The predicted octanol–water partition coefficient (Wildman–Crippen LogP) is 1.40. The van der Waals surface area contributed by atoms with E-state index in [9.17, 15) is 4.79 Å². The Kier molecular flexibility index (Phi) is 2.57. The van der Waals surface area contributed by atoms with Gasteiger partial charge in [0.25, 0.3) is 0 Å². The van der Waals surface area contributed by atoms with E-state index in [1.165, 1.54) is 0 Å². The van der Waals surface area contributed by atoms with Crippen LogP contribution >= 0.6 is 0 Å². The number of Topliss-reactive ketones (excluding diaryl/α,β-unsaturated/α-hetero) is 1. The molecule has 0 spiro atoms. The highest BCUT2D eigenvalue weighted by atomic mass is 16.1. The highest BCUT2D eigenvalue weighted by molar-refractivity contribution is 6.32. The maximum atomic E-state index is 12.2. The number of H-pyrrole nitrogens is 1. The number of nitrogens with zero attached hydrogens (tertiary/aromatic N) is 1. The van der Waals surface area contributed by atoms with Crippen LogP contribution in [-0.2, 0) is 11.2 Å². The largest absolute Gasteiger partial charge is 0.351 e. The summed E-state index contributed by atoms with van der Waals surface area (Å²) in [6.45, 7) is 0. The SMILES string of the molecule is N[C@@H](Cc1c[nH]cn1)C(=O)C1=Cc2ccccc21. The van der Waals surface area contributed by atoms with Gasteiger partial charge in [-0.2, -0.15) is 0 Å². The highest BCUT2D eigenvalue weighted by Crippen LogP contribution is 2.33. The first-order valence-electron chi connectivity index (χ1n) is 5.84. The fraction of sp³-hybridized carbons (Fsp3) is 0.143. The number of carbonyl (C=O) groups excluding carboxylic acids is 1. The van der Waals surface area contributed by atoms with E-state index in [1.54, 1.807) is 12.5 Å². The number of fused-ring (bicyclic) bond motifs is 1. The molecule has 4 nitrogen and oxygen atoms in total. The number of hydrogen-bond donors (Lipinski definition) is 2. The molecule has 0 radical (unpaired) electrons. The third-order valence-electron chi connectivity index (χ3n) is 3.14. The van der Waals surface area contributed by atoms with Gasteiger partial charge in [-0.25, -0.2) is 4.98 Å². The van der Waals surface area contributed by atoms with Crippen molar-refractivity contribution < 1.29 is 4.79 Å². The van der Waals surface area contributed by atoms with E-state index < -0.39 is 6.04 Å². The predicted molar refractivity (Wildman–Crippen MR) is 69.6 cm³/mol. The van der Waals surface area contributed by atoms with Gasteiger partial charge in [0.1, 0.15) is 0 Å². The lowest BCUT2D eigenvalue weighted by Gasteiger charge is -2.21. The molecule has 0 bridgehead atoms. The molecule has 0 saturated heterocycles. The van der Waals surface area contributed by atoms with Crippen LogP contribution in [0.5, 0.6) is 0 Å². The lowest BCUT2D eigenvalue weighted by molar-refractivity contribution is -0.114. The molecule has 1 aliphatic carbocycles. The summed E-state index contributed by atoms with van der Waals surface area (Å²) in [5.74, 6) is -0.0169. The van der Waals surface area contributed by atoms with Crippen molar-refractivity contribution in [3.63, 3.8) is 0 Å². The summed E-state index contributed by atoms with van der Waals surface area (Å²) in [5, 5.41) is 0. The average molecular weight is 239 g/mol. The molecule has 0 amide bonds. The Morgan fingerprint density at radius 1 is 1.39 bits per heavy atom. The molecule has 1 aromatic carbocycles. The average Bonchev–Trinajstić information content (AvgIpc) is 2.83. The van der Waals surface area contributed by atoms with Crippen molar-refractivity contribution >= 4 is 17.4 Å². The van der Waals surface area contributed by atoms with Crippen molar-refractivity contribution in [3.05, 3.63) is 53.6 Å². The Morgan fingerprint density at radius 3 is 2.94 bits per heavy atom. The minimum atomic E-state index is -0.534. The summed E-state index contributed by atoms with van der Waals surface area (Å²) < 4.78 is 0. The third kappa shape index (κ3) is 1.76. The van der Waals surface area contributed by atoms with Crippen LogP contribution in [0.1, 0.15) is 16.8 Å². The monoisotopic (exact) mass is 239 g/mol. The van der Waals surface area contributed by atoms with E-state index in [4.69, 9.17) is 5.73 Å². The first-order valence-corrected chi connectivity index (χ1v) is 5.84. The van der Waals surface area contributed by atoms with Gasteiger partial charge in [0, 0.05) is 18.2 Å². The van der Waals surface area contributed by atoms with Crippen LogP contribution < -0.4 is 5.73 Å². The van der Waals surface area contributed by atoms with Crippen LogP contribution in [0.15, 0.2) is 36.8 Å². The highest BCUT2D eigenvalue weighted by Gasteiger charge is 2.26. The number of imidazole rings is 1. The number of aromatic amines is 1. The fourth-order valence-electron chi connectivity index (χ4n) is 2.15. The van der Waals surface area contributed by atoms with Crippen LogP contribution in [0.2, 0.25) is 0 Å². The first kappa shape index (κ1) is 10.9. The second-order valence-corrected chi connectivity index (χ2v) is 4.38. The second kappa shape index (κ2) is 4.23. The van der Waals surface area contributed by atoms with E-state index in [-0.39, 0.29) is 5.78 Å². The van der Waals surface area contributed by atoms with Gasteiger partial charge in [-0.15, -0.1) is 0 Å². The molecule has 0 fully saturated rings. The van der Waals surface area contributed by atoms with Crippen LogP contribution in [0.25, 0.3) is 11.6 Å². The van der Waals surface area contributed by atoms with Gasteiger partial charge < -0.3 is 10.7 Å². The molecular weight excluding hydrogens is 226 g/mol. The number of aromatic nitrogens is 2. The smallest absolute Gasteiger partial charge is 0.180 e. The number of benzene rings is 1. The zero-order valence-electron chi connectivity index (χ0n) is 9.76. The Morgan fingerprint density at radius 2 is 2.22 bits per heavy atom. The van der Waals surface area contributed by atoms with E-state index in [1.807, 2.05) is 30.3 Å². The van der Waals surface area contributed by atoms with Gasteiger partial charge in [-0.1, -0.05) is 24.3 Å². The van der Waals surface area contributed by atoms with Gasteiger partial charge in [0.15, 0.2) is 5.78 Å². The van der Waals surface area contributed by atoms with Crippen LogP contribution in [0.3, 0.4) is 0 Å². The molecule has 1 aromatic heterocycles. The van der Waals surface area contributed by atoms with Crippen molar-refractivity contribution in [2.24, 2.45) is 5.73 Å². The lowest BCUT2D eigenvalue weighted by atomic mass is 9.83.